The molecule has 154 valence electrons. The van der Waals surface area contributed by atoms with Gasteiger partial charge in [-0.05, 0) is 47.8 Å². The molecule has 1 aliphatic heterocycles. The Morgan fingerprint density at radius 2 is 2.04 bits per heavy atom. The van der Waals surface area contributed by atoms with E-state index >= 15 is 0 Å². The van der Waals surface area contributed by atoms with Gasteiger partial charge in [-0.3, -0.25) is 9.59 Å². The second kappa shape index (κ2) is 7.58. The Labute approximate surface area is 170 Å². The first kappa shape index (κ1) is 21.0. The molecule has 0 aromatic carbocycles. The molecule has 3 fully saturated rings. The Morgan fingerprint density at radius 1 is 1.32 bits per heavy atom. The molecule has 2 aliphatic carbocycles. The first-order valence-corrected chi connectivity index (χ1v) is 10.9. The summed E-state index contributed by atoms with van der Waals surface area (Å²) in [6.45, 7) is 9.79. The summed E-state index contributed by atoms with van der Waals surface area (Å²) < 4.78 is 16.9. The second-order valence-corrected chi connectivity index (χ2v) is 9.13. The zero-order valence-corrected chi connectivity index (χ0v) is 17.7. The van der Waals surface area contributed by atoms with Crippen LogP contribution < -0.4 is 0 Å². The minimum Gasteiger partial charge on any atom is -0.461 e. The molecule has 28 heavy (non-hydrogen) atoms. The van der Waals surface area contributed by atoms with E-state index in [0.717, 1.165) is 6.42 Å². The normalized spacial score (nSPS) is 39.9. The lowest BCUT2D eigenvalue weighted by atomic mass is 9.61. The predicted octanol–water partition coefficient (Wildman–Crippen LogP) is 3.26. The molecule has 3 rings (SSSR count). The summed E-state index contributed by atoms with van der Waals surface area (Å²) in [5.74, 6) is -1.31. The topological polar surface area (TPSA) is 78.9 Å². The van der Waals surface area contributed by atoms with Crippen molar-refractivity contribution in [1.82, 2.24) is 0 Å². The van der Waals surface area contributed by atoms with Crippen molar-refractivity contribution in [3.63, 3.8) is 0 Å². The molecule has 1 spiro atoms. The molecular weight excluding hydrogens is 380 g/mol. The molecule has 0 aromatic rings. The fourth-order valence-electron chi connectivity index (χ4n) is 5.38. The van der Waals surface area contributed by atoms with Gasteiger partial charge in [0, 0.05) is 18.9 Å². The van der Waals surface area contributed by atoms with Gasteiger partial charge in [-0.15, -0.1) is 11.8 Å². The van der Waals surface area contributed by atoms with Gasteiger partial charge in [-0.1, -0.05) is 20.4 Å². The van der Waals surface area contributed by atoms with Crippen molar-refractivity contribution in [3.8, 4) is 0 Å². The van der Waals surface area contributed by atoms with Crippen LogP contribution in [-0.2, 0) is 28.6 Å². The third kappa shape index (κ3) is 3.17. The zero-order chi connectivity index (χ0) is 20.7. The fraction of sp³-hybridized carbons (Fsp3) is 0.667. The number of esters is 3. The van der Waals surface area contributed by atoms with E-state index in [0.29, 0.717) is 18.4 Å². The van der Waals surface area contributed by atoms with E-state index in [-0.39, 0.29) is 29.8 Å². The molecule has 1 saturated heterocycles. The number of carbonyl (C=O) groups excluding carboxylic acids is 3. The lowest BCUT2D eigenvalue weighted by Crippen LogP contribution is -2.50. The molecule has 3 aliphatic rings. The molecule has 0 N–H and O–H groups in total. The number of cyclic esters (lactones) is 1. The fourth-order valence-corrected chi connectivity index (χ4v) is 5.63. The summed E-state index contributed by atoms with van der Waals surface area (Å²) in [7, 11) is 0. The average Bonchev–Trinajstić information content (AvgIpc) is 3.06. The maximum Gasteiger partial charge on any atom is 0.331 e. The summed E-state index contributed by atoms with van der Waals surface area (Å²) in [5, 5.41) is 1.67. The van der Waals surface area contributed by atoms with Gasteiger partial charge in [0.25, 0.3) is 0 Å². The lowest BCUT2D eigenvalue weighted by molar-refractivity contribution is -0.172. The van der Waals surface area contributed by atoms with Crippen LogP contribution >= 0.6 is 11.8 Å². The molecule has 6 atom stereocenters. The Morgan fingerprint density at radius 3 is 2.61 bits per heavy atom. The number of ether oxygens (including phenoxy) is 3. The van der Waals surface area contributed by atoms with Crippen molar-refractivity contribution in [2.24, 2.45) is 22.7 Å². The summed E-state index contributed by atoms with van der Waals surface area (Å²) in [4.78, 5) is 37.1. The van der Waals surface area contributed by atoms with Gasteiger partial charge in [-0.2, -0.15) is 0 Å². The lowest BCUT2D eigenvalue weighted by Gasteiger charge is -2.46. The standard InChI is InChI=1S/C21H28O6S/c1-12-6-7-15(27-16(23)8-9-28-5)17-18(26-14(3)22)21(11-20(12,17)4)13(2)10-25-19(21)24/h8-9,12,15,17-18H,2,6-7,10-11H2,1,3-5H3/b9-8+/t12-,15-,17+,18+,20+,21+/m0/s1. The molecule has 0 bridgehead atoms. The van der Waals surface area contributed by atoms with Crippen LogP contribution in [0.5, 0.6) is 0 Å². The Kier molecular flexibility index (Phi) is 5.67. The van der Waals surface area contributed by atoms with Crippen molar-refractivity contribution >= 4 is 29.7 Å². The van der Waals surface area contributed by atoms with Gasteiger partial charge in [0.05, 0.1) is 0 Å². The number of fused-ring (bicyclic) bond motifs is 1. The monoisotopic (exact) mass is 408 g/mol. The largest absolute Gasteiger partial charge is 0.461 e. The maximum absolute atomic E-state index is 12.9. The van der Waals surface area contributed by atoms with Crippen LogP contribution in [0, 0.1) is 22.7 Å². The van der Waals surface area contributed by atoms with E-state index in [1.54, 1.807) is 5.41 Å². The first-order valence-electron chi connectivity index (χ1n) is 9.59. The number of rotatable bonds is 4. The van der Waals surface area contributed by atoms with Gasteiger partial charge in [-0.25, -0.2) is 4.79 Å². The second-order valence-electron chi connectivity index (χ2n) is 8.38. The highest BCUT2D eigenvalue weighted by Gasteiger charge is 2.71. The highest BCUT2D eigenvalue weighted by molar-refractivity contribution is 8.01. The van der Waals surface area contributed by atoms with Crippen LogP contribution in [-0.4, -0.2) is 43.0 Å². The first-order chi connectivity index (χ1) is 13.2. The van der Waals surface area contributed by atoms with Gasteiger partial charge in [0.1, 0.15) is 24.2 Å². The summed E-state index contributed by atoms with van der Waals surface area (Å²) in [6, 6.07) is 0. The Bertz CT molecular complexity index is 712. The molecule has 2 saturated carbocycles. The Balaban J connectivity index is 2.03. The minimum atomic E-state index is -1.07. The van der Waals surface area contributed by atoms with Gasteiger partial charge in [0.15, 0.2) is 0 Å². The van der Waals surface area contributed by atoms with Crippen LogP contribution in [0.1, 0.15) is 40.0 Å². The van der Waals surface area contributed by atoms with Gasteiger partial charge < -0.3 is 14.2 Å². The molecule has 1 heterocycles. The highest BCUT2D eigenvalue weighted by Crippen LogP contribution is 2.66. The van der Waals surface area contributed by atoms with E-state index in [1.165, 1.54) is 24.8 Å². The molecular formula is C21H28O6S. The molecule has 7 heteroatoms. The van der Waals surface area contributed by atoms with Crippen LogP contribution in [0.4, 0.5) is 0 Å². The Hall–Kier alpha value is -1.76. The third-order valence-electron chi connectivity index (χ3n) is 6.92. The van der Waals surface area contributed by atoms with Gasteiger partial charge >= 0.3 is 17.9 Å². The SMILES string of the molecule is C=C1COC(=O)[C@]12C[C@@]1(C)[C@H]([C@@H](OC(=O)/C=C/SC)CC[C@@H]1C)[C@H]2OC(C)=O. The van der Waals surface area contributed by atoms with Crippen LogP contribution in [0.25, 0.3) is 0 Å². The van der Waals surface area contributed by atoms with Crippen molar-refractivity contribution in [3.05, 3.63) is 23.6 Å². The number of hydrogen-bond donors (Lipinski definition) is 0. The quantitative estimate of drug-likeness (QED) is 0.306. The highest BCUT2D eigenvalue weighted by atomic mass is 32.2. The summed E-state index contributed by atoms with van der Waals surface area (Å²) in [5.41, 5.74) is -0.776. The number of carbonyl (C=O) groups is 3. The molecule has 0 amide bonds. The van der Waals surface area contributed by atoms with Crippen LogP contribution in [0.2, 0.25) is 0 Å². The molecule has 0 unspecified atom stereocenters. The maximum atomic E-state index is 12.9. The van der Waals surface area contributed by atoms with Crippen LogP contribution in [0.15, 0.2) is 23.6 Å². The average molecular weight is 409 g/mol. The zero-order valence-electron chi connectivity index (χ0n) is 16.9. The van der Waals surface area contributed by atoms with E-state index in [2.05, 4.69) is 20.4 Å². The van der Waals surface area contributed by atoms with E-state index in [1.807, 2.05) is 6.26 Å². The third-order valence-corrected chi connectivity index (χ3v) is 7.33. The van der Waals surface area contributed by atoms with Crippen LogP contribution in [0.3, 0.4) is 0 Å². The number of hydrogen-bond acceptors (Lipinski definition) is 7. The molecule has 6 nitrogen and oxygen atoms in total. The van der Waals surface area contributed by atoms with Crippen molar-refractivity contribution < 1.29 is 28.6 Å². The molecule has 0 radical (unpaired) electrons. The summed E-state index contributed by atoms with van der Waals surface area (Å²) >= 11 is 1.41. The summed E-state index contributed by atoms with van der Waals surface area (Å²) in [6.07, 6.45) is 4.08. The molecule has 0 aromatic heterocycles. The van der Waals surface area contributed by atoms with Crippen molar-refractivity contribution in [1.29, 1.82) is 0 Å². The van der Waals surface area contributed by atoms with E-state index < -0.39 is 29.6 Å². The van der Waals surface area contributed by atoms with E-state index in [4.69, 9.17) is 14.2 Å². The predicted molar refractivity (Wildman–Crippen MR) is 105 cm³/mol. The van der Waals surface area contributed by atoms with Crippen molar-refractivity contribution in [2.75, 3.05) is 12.9 Å². The van der Waals surface area contributed by atoms with Gasteiger partial charge in [0.2, 0.25) is 0 Å². The minimum absolute atomic E-state index is 0.134. The van der Waals surface area contributed by atoms with Crippen molar-refractivity contribution in [2.45, 2.75) is 52.2 Å². The number of thioether (sulfide) groups is 1. The van der Waals surface area contributed by atoms with E-state index in [9.17, 15) is 14.4 Å². The smallest absolute Gasteiger partial charge is 0.331 e.